The van der Waals surface area contributed by atoms with Crippen molar-refractivity contribution >= 4 is 23.2 Å². The average molecular weight is 285 g/mol. The molecule has 0 aliphatic heterocycles. The molecule has 0 bridgehead atoms. The molecule has 0 fully saturated rings. The van der Waals surface area contributed by atoms with E-state index in [1.165, 1.54) is 12.4 Å². The molecule has 1 amide bonds. The lowest BCUT2D eigenvalue weighted by molar-refractivity contribution is 0.0955. The Morgan fingerprint density at radius 1 is 1.15 bits per heavy atom. The molecule has 6 heteroatoms. The van der Waals surface area contributed by atoms with Crippen molar-refractivity contribution in [3.63, 3.8) is 0 Å². The van der Waals surface area contributed by atoms with Crippen LogP contribution in [0.4, 0.5) is 0 Å². The number of hydrogen-bond acceptors (Lipinski definition) is 4. The van der Waals surface area contributed by atoms with Crippen LogP contribution in [0.15, 0.2) is 53.9 Å². The van der Waals surface area contributed by atoms with E-state index in [4.69, 9.17) is 16.9 Å². The molecule has 20 heavy (non-hydrogen) atoms. The molecule has 1 aromatic carbocycles. The maximum absolute atomic E-state index is 11.8. The normalized spacial score (nSPS) is 10.7. The van der Waals surface area contributed by atoms with Gasteiger partial charge >= 0.3 is 0 Å². The summed E-state index contributed by atoms with van der Waals surface area (Å²) >= 11 is 5.77. The Balaban J connectivity index is 2.15. The Kier molecular flexibility index (Phi) is 4.43. The van der Waals surface area contributed by atoms with Crippen LogP contribution in [0, 0.1) is 11.3 Å². The Morgan fingerprint density at radius 3 is 2.40 bits per heavy atom. The van der Waals surface area contributed by atoms with E-state index in [-0.39, 0.29) is 5.71 Å². The lowest BCUT2D eigenvalue weighted by Gasteiger charge is -2.01. The third-order valence-electron chi connectivity index (χ3n) is 2.44. The standard InChI is InChI=1S/C14H9ClN4O/c15-12-3-1-10(2-4-12)13(9-16)18-19-14(20)11-5-7-17-8-6-11/h1-8H,(H,19,20)/b18-13-. The van der Waals surface area contributed by atoms with E-state index in [9.17, 15) is 4.79 Å². The van der Waals surface area contributed by atoms with Crippen LogP contribution in [0.3, 0.4) is 0 Å². The first-order valence-corrected chi connectivity index (χ1v) is 6.02. The molecule has 0 unspecified atom stereocenters. The molecule has 0 aliphatic rings. The third-order valence-corrected chi connectivity index (χ3v) is 2.69. The van der Waals surface area contributed by atoms with E-state index < -0.39 is 5.91 Å². The fourth-order valence-electron chi connectivity index (χ4n) is 1.44. The number of rotatable bonds is 3. The number of nitrogens with one attached hydrogen (secondary N) is 1. The molecule has 1 heterocycles. The average Bonchev–Trinajstić information content (AvgIpc) is 2.50. The highest BCUT2D eigenvalue weighted by molar-refractivity contribution is 6.30. The maximum atomic E-state index is 11.8. The number of carbonyl (C=O) groups excluding carboxylic acids is 1. The van der Waals surface area contributed by atoms with Crippen molar-refractivity contribution in [1.29, 1.82) is 5.26 Å². The maximum Gasteiger partial charge on any atom is 0.271 e. The van der Waals surface area contributed by atoms with Crippen LogP contribution in [0.25, 0.3) is 0 Å². The van der Waals surface area contributed by atoms with E-state index in [0.29, 0.717) is 16.1 Å². The molecular formula is C14H9ClN4O. The lowest BCUT2D eigenvalue weighted by Crippen LogP contribution is -2.19. The minimum absolute atomic E-state index is 0.101. The molecule has 98 valence electrons. The van der Waals surface area contributed by atoms with Crippen LogP contribution in [0.5, 0.6) is 0 Å². The van der Waals surface area contributed by atoms with Gasteiger partial charge in [0.2, 0.25) is 0 Å². The van der Waals surface area contributed by atoms with Crippen molar-refractivity contribution in [2.75, 3.05) is 0 Å². The van der Waals surface area contributed by atoms with Gasteiger partial charge < -0.3 is 0 Å². The number of pyridine rings is 1. The van der Waals surface area contributed by atoms with Crippen molar-refractivity contribution < 1.29 is 4.79 Å². The van der Waals surface area contributed by atoms with Gasteiger partial charge in [-0.25, -0.2) is 5.43 Å². The van der Waals surface area contributed by atoms with E-state index >= 15 is 0 Å². The molecule has 5 nitrogen and oxygen atoms in total. The van der Waals surface area contributed by atoms with E-state index in [0.717, 1.165) is 0 Å². The van der Waals surface area contributed by atoms with Gasteiger partial charge in [-0.2, -0.15) is 10.4 Å². The van der Waals surface area contributed by atoms with Gasteiger partial charge in [0.05, 0.1) is 0 Å². The zero-order valence-corrected chi connectivity index (χ0v) is 11.0. The summed E-state index contributed by atoms with van der Waals surface area (Å²) in [6.07, 6.45) is 3.01. The first kappa shape index (κ1) is 13.7. The van der Waals surface area contributed by atoms with Gasteiger partial charge in [0.25, 0.3) is 5.91 Å². The predicted molar refractivity (Wildman–Crippen MR) is 75.3 cm³/mol. The lowest BCUT2D eigenvalue weighted by atomic mass is 10.1. The van der Waals surface area contributed by atoms with Crippen molar-refractivity contribution in [2.45, 2.75) is 0 Å². The minimum Gasteiger partial charge on any atom is -0.267 e. The number of benzene rings is 1. The van der Waals surface area contributed by atoms with Crippen LogP contribution < -0.4 is 5.43 Å². The highest BCUT2D eigenvalue weighted by atomic mass is 35.5. The number of nitrogens with zero attached hydrogens (tertiary/aromatic N) is 3. The predicted octanol–water partition coefficient (Wildman–Crippen LogP) is 2.39. The number of carbonyl (C=O) groups is 1. The van der Waals surface area contributed by atoms with Crippen LogP contribution in [0.1, 0.15) is 15.9 Å². The Bertz CT molecular complexity index is 675. The van der Waals surface area contributed by atoms with Crippen LogP contribution in [-0.2, 0) is 0 Å². The van der Waals surface area contributed by atoms with Crippen molar-refractivity contribution in [3.8, 4) is 6.07 Å². The quantitative estimate of drug-likeness (QED) is 0.694. The number of aromatic nitrogens is 1. The first-order chi connectivity index (χ1) is 9.70. The van der Waals surface area contributed by atoms with Gasteiger partial charge in [-0.3, -0.25) is 9.78 Å². The Labute approximate surface area is 120 Å². The van der Waals surface area contributed by atoms with Crippen molar-refractivity contribution in [3.05, 3.63) is 64.9 Å². The topological polar surface area (TPSA) is 78.1 Å². The Hall–Kier alpha value is -2.71. The summed E-state index contributed by atoms with van der Waals surface area (Å²) in [4.78, 5) is 15.6. The summed E-state index contributed by atoms with van der Waals surface area (Å²) in [5.41, 5.74) is 3.42. The fourth-order valence-corrected chi connectivity index (χ4v) is 1.56. The summed E-state index contributed by atoms with van der Waals surface area (Å²) in [6, 6.07) is 11.6. The second kappa shape index (κ2) is 6.45. The molecule has 2 rings (SSSR count). The molecule has 1 N–H and O–H groups in total. The minimum atomic E-state index is -0.408. The summed E-state index contributed by atoms with van der Waals surface area (Å²) < 4.78 is 0. The number of hydrogen-bond donors (Lipinski definition) is 1. The molecule has 0 atom stereocenters. The third kappa shape index (κ3) is 3.40. The molecule has 0 saturated heterocycles. The first-order valence-electron chi connectivity index (χ1n) is 5.65. The second-order valence-electron chi connectivity index (χ2n) is 3.76. The van der Waals surface area contributed by atoms with E-state index in [1.807, 2.05) is 6.07 Å². The second-order valence-corrected chi connectivity index (χ2v) is 4.19. The zero-order chi connectivity index (χ0) is 14.4. The van der Waals surface area contributed by atoms with Crippen LogP contribution in [-0.4, -0.2) is 16.6 Å². The van der Waals surface area contributed by atoms with Gasteiger partial charge in [0.15, 0.2) is 5.71 Å². The van der Waals surface area contributed by atoms with Gasteiger partial charge in [0, 0.05) is 28.5 Å². The smallest absolute Gasteiger partial charge is 0.267 e. The molecule has 0 aliphatic carbocycles. The highest BCUT2D eigenvalue weighted by Gasteiger charge is 2.06. The van der Waals surface area contributed by atoms with Gasteiger partial charge in [0.1, 0.15) is 6.07 Å². The van der Waals surface area contributed by atoms with Crippen LogP contribution >= 0.6 is 11.6 Å². The zero-order valence-electron chi connectivity index (χ0n) is 10.2. The summed E-state index contributed by atoms with van der Waals surface area (Å²) in [6.45, 7) is 0. The molecular weight excluding hydrogens is 276 g/mol. The van der Waals surface area contributed by atoms with E-state index in [2.05, 4.69) is 15.5 Å². The highest BCUT2D eigenvalue weighted by Crippen LogP contribution is 2.10. The van der Waals surface area contributed by atoms with Gasteiger partial charge in [-0.05, 0) is 24.3 Å². The number of halogens is 1. The van der Waals surface area contributed by atoms with E-state index in [1.54, 1.807) is 36.4 Å². The largest absolute Gasteiger partial charge is 0.271 e. The summed E-state index contributed by atoms with van der Waals surface area (Å²) in [5, 5.41) is 13.4. The number of hydrazone groups is 1. The Morgan fingerprint density at radius 2 is 1.80 bits per heavy atom. The molecule has 1 aromatic heterocycles. The summed E-state index contributed by atoms with van der Waals surface area (Å²) in [5.74, 6) is -0.408. The number of nitriles is 1. The fraction of sp³-hybridized carbons (Fsp3) is 0. The van der Waals surface area contributed by atoms with Gasteiger partial charge in [-0.15, -0.1) is 0 Å². The summed E-state index contributed by atoms with van der Waals surface area (Å²) in [7, 11) is 0. The molecule has 0 spiro atoms. The molecule has 2 aromatic rings. The van der Waals surface area contributed by atoms with Crippen molar-refractivity contribution in [2.24, 2.45) is 5.10 Å². The van der Waals surface area contributed by atoms with Crippen LogP contribution in [0.2, 0.25) is 5.02 Å². The number of amides is 1. The SMILES string of the molecule is N#C/C(=N/NC(=O)c1ccncc1)c1ccc(Cl)cc1. The molecule has 0 saturated carbocycles. The van der Waals surface area contributed by atoms with Gasteiger partial charge in [-0.1, -0.05) is 23.7 Å². The molecule has 0 radical (unpaired) electrons. The van der Waals surface area contributed by atoms with Crippen molar-refractivity contribution in [1.82, 2.24) is 10.4 Å². The monoisotopic (exact) mass is 284 g/mol.